The van der Waals surface area contributed by atoms with Crippen molar-refractivity contribution in [2.45, 2.75) is 25.7 Å². The summed E-state index contributed by atoms with van der Waals surface area (Å²) >= 11 is 0. The van der Waals surface area contributed by atoms with E-state index in [0.717, 1.165) is 12.8 Å². The van der Waals surface area contributed by atoms with Crippen LogP contribution in [0.3, 0.4) is 0 Å². The van der Waals surface area contributed by atoms with Gasteiger partial charge >= 0.3 is 0 Å². The summed E-state index contributed by atoms with van der Waals surface area (Å²) in [6.07, 6.45) is 3.90. The summed E-state index contributed by atoms with van der Waals surface area (Å²) in [7, 11) is -2.85. The van der Waals surface area contributed by atoms with E-state index in [1.54, 1.807) is 0 Å². The van der Waals surface area contributed by atoms with E-state index >= 15 is 0 Å². The van der Waals surface area contributed by atoms with Gasteiger partial charge in [0, 0.05) is 19.1 Å². The van der Waals surface area contributed by atoms with Gasteiger partial charge < -0.3 is 0 Å². The molecule has 1 rings (SSSR count). The molecule has 4 heteroatoms. The third-order valence-electron chi connectivity index (χ3n) is 2.20. The molecular weight excluding hydrogens is 176 g/mol. The zero-order valence-corrected chi connectivity index (χ0v) is 8.06. The van der Waals surface area contributed by atoms with E-state index in [1.807, 2.05) is 0 Å². The normalized spacial score (nSPS) is 21.2. The third-order valence-corrected chi connectivity index (χ3v) is 3.28. The first kappa shape index (κ1) is 9.71. The summed E-state index contributed by atoms with van der Waals surface area (Å²) in [4.78, 5) is 10.8. The van der Waals surface area contributed by atoms with Gasteiger partial charge in [-0.25, -0.2) is 8.42 Å². The smallest absolute Gasteiger partial charge is 0.147 e. The maximum absolute atomic E-state index is 10.9. The minimum absolute atomic E-state index is 0.220. The number of carbonyl (C=O) groups excluding carboxylic acids is 1. The van der Waals surface area contributed by atoms with Crippen molar-refractivity contribution in [1.29, 1.82) is 0 Å². The SMILES string of the molecule is CS(=O)(=O)CC1CCC(=O)CC1. The second-order valence-electron chi connectivity index (χ2n) is 3.57. The molecule has 0 bridgehead atoms. The molecule has 1 aliphatic rings. The quantitative estimate of drug-likeness (QED) is 0.647. The largest absolute Gasteiger partial charge is 0.300 e. The van der Waals surface area contributed by atoms with Gasteiger partial charge in [-0.2, -0.15) is 0 Å². The van der Waals surface area contributed by atoms with Gasteiger partial charge in [0.1, 0.15) is 15.6 Å². The molecule has 1 saturated carbocycles. The molecule has 0 aliphatic heterocycles. The first-order valence-electron chi connectivity index (χ1n) is 4.17. The second-order valence-corrected chi connectivity index (χ2v) is 5.76. The van der Waals surface area contributed by atoms with Crippen molar-refractivity contribution < 1.29 is 13.2 Å². The van der Waals surface area contributed by atoms with Crippen LogP contribution in [0, 0.1) is 5.92 Å². The maximum Gasteiger partial charge on any atom is 0.147 e. The van der Waals surface area contributed by atoms with E-state index in [1.165, 1.54) is 6.26 Å². The standard InChI is InChI=1S/C8H14O3S/c1-12(10,11)6-7-2-4-8(9)5-3-7/h7H,2-6H2,1H3. The molecule has 0 saturated heterocycles. The number of sulfone groups is 1. The Morgan fingerprint density at radius 3 is 2.25 bits per heavy atom. The predicted octanol–water partition coefficient (Wildman–Crippen LogP) is 0.790. The second kappa shape index (κ2) is 3.56. The molecule has 0 heterocycles. The van der Waals surface area contributed by atoms with Crippen molar-refractivity contribution >= 4 is 15.6 Å². The highest BCUT2D eigenvalue weighted by molar-refractivity contribution is 7.90. The first-order valence-corrected chi connectivity index (χ1v) is 6.23. The molecular formula is C8H14O3S. The molecule has 1 fully saturated rings. The van der Waals surface area contributed by atoms with Crippen LogP contribution in [0.4, 0.5) is 0 Å². The van der Waals surface area contributed by atoms with E-state index in [2.05, 4.69) is 0 Å². The summed E-state index contributed by atoms with van der Waals surface area (Å²) in [5, 5.41) is 0. The molecule has 0 aromatic rings. The first-order chi connectivity index (χ1) is 5.47. The lowest BCUT2D eigenvalue weighted by Crippen LogP contribution is -2.21. The van der Waals surface area contributed by atoms with Crippen LogP contribution in [0.1, 0.15) is 25.7 Å². The monoisotopic (exact) mass is 190 g/mol. The van der Waals surface area contributed by atoms with Crippen molar-refractivity contribution in [3.05, 3.63) is 0 Å². The van der Waals surface area contributed by atoms with Gasteiger partial charge in [0.2, 0.25) is 0 Å². The van der Waals surface area contributed by atoms with Crippen LogP contribution < -0.4 is 0 Å². The van der Waals surface area contributed by atoms with E-state index in [4.69, 9.17) is 0 Å². The lowest BCUT2D eigenvalue weighted by atomic mass is 9.90. The number of ketones is 1. The van der Waals surface area contributed by atoms with Gasteiger partial charge in [0.15, 0.2) is 0 Å². The van der Waals surface area contributed by atoms with Gasteiger partial charge in [-0.15, -0.1) is 0 Å². The molecule has 0 aromatic carbocycles. The number of hydrogen-bond donors (Lipinski definition) is 0. The molecule has 70 valence electrons. The third kappa shape index (κ3) is 3.34. The Morgan fingerprint density at radius 2 is 1.83 bits per heavy atom. The Balaban J connectivity index is 2.41. The van der Waals surface area contributed by atoms with Crippen molar-refractivity contribution in [2.24, 2.45) is 5.92 Å². The fourth-order valence-corrected chi connectivity index (χ4v) is 2.78. The molecule has 0 amide bonds. The van der Waals surface area contributed by atoms with Crippen molar-refractivity contribution in [1.82, 2.24) is 0 Å². The molecule has 3 nitrogen and oxygen atoms in total. The Bertz CT molecular complexity index is 256. The molecule has 0 radical (unpaired) electrons. The zero-order chi connectivity index (χ0) is 9.19. The number of hydrogen-bond acceptors (Lipinski definition) is 3. The Hall–Kier alpha value is -0.380. The minimum Gasteiger partial charge on any atom is -0.300 e. The molecule has 0 atom stereocenters. The van der Waals surface area contributed by atoms with Crippen LogP contribution in [-0.4, -0.2) is 26.2 Å². The van der Waals surface area contributed by atoms with Crippen LogP contribution in [0.2, 0.25) is 0 Å². The Labute approximate surface area is 73.1 Å². The van der Waals surface area contributed by atoms with Gasteiger partial charge in [-0.1, -0.05) is 0 Å². The molecule has 0 unspecified atom stereocenters. The Morgan fingerprint density at radius 1 is 1.33 bits per heavy atom. The van der Waals surface area contributed by atoms with Gasteiger partial charge in [0.05, 0.1) is 5.75 Å². The summed E-state index contributed by atoms with van der Waals surface area (Å²) in [5.41, 5.74) is 0. The molecule has 0 N–H and O–H groups in total. The van der Waals surface area contributed by atoms with Gasteiger partial charge in [-0.3, -0.25) is 4.79 Å². The zero-order valence-electron chi connectivity index (χ0n) is 7.25. The summed E-state index contributed by atoms with van der Waals surface area (Å²) < 4.78 is 21.8. The van der Waals surface area contributed by atoms with Crippen molar-refractivity contribution in [3.8, 4) is 0 Å². The number of Topliss-reactive ketones (excluding diaryl/α,β-unsaturated/α-hetero) is 1. The van der Waals surface area contributed by atoms with Gasteiger partial charge in [0.25, 0.3) is 0 Å². The fraction of sp³-hybridized carbons (Fsp3) is 0.875. The van der Waals surface area contributed by atoms with Crippen LogP contribution in [0.25, 0.3) is 0 Å². The van der Waals surface area contributed by atoms with Crippen LogP contribution in [-0.2, 0) is 14.6 Å². The van der Waals surface area contributed by atoms with E-state index in [-0.39, 0.29) is 17.5 Å². The van der Waals surface area contributed by atoms with E-state index in [9.17, 15) is 13.2 Å². The number of rotatable bonds is 2. The molecule has 1 aliphatic carbocycles. The summed E-state index contributed by atoms with van der Waals surface area (Å²) in [6.45, 7) is 0. The fourth-order valence-electron chi connectivity index (χ4n) is 1.59. The highest BCUT2D eigenvalue weighted by Crippen LogP contribution is 2.22. The Kier molecular flexibility index (Phi) is 2.88. The molecule has 0 aromatic heterocycles. The molecule has 0 spiro atoms. The summed E-state index contributed by atoms with van der Waals surface area (Å²) in [5.74, 6) is 0.748. The lowest BCUT2D eigenvalue weighted by molar-refractivity contribution is -0.120. The number of carbonyl (C=O) groups is 1. The molecule has 12 heavy (non-hydrogen) atoms. The maximum atomic E-state index is 10.9. The average molecular weight is 190 g/mol. The van der Waals surface area contributed by atoms with Gasteiger partial charge in [-0.05, 0) is 18.8 Å². The van der Waals surface area contributed by atoms with Crippen LogP contribution in [0.15, 0.2) is 0 Å². The topological polar surface area (TPSA) is 51.2 Å². The highest BCUT2D eigenvalue weighted by Gasteiger charge is 2.21. The average Bonchev–Trinajstić information content (AvgIpc) is 1.91. The van der Waals surface area contributed by atoms with Crippen LogP contribution in [0.5, 0.6) is 0 Å². The highest BCUT2D eigenvalue weighted by atomic mass is 32.2. The minimum atomic E-state index is -2.85. The van der Waals surface area contributed by atoms with Crippen LogP contribution >= 0.6 is 0 Å². The van der Waals surface area contributed by atoms with E-state index in [0.29, 0.717) is 12.8 Å². The predicted molar refractivity (Wildman–Crippen MR) is 46.7 cm³/mol. The summed E-state index contributed by atoms with van der Waals surface area (Å²) in [6, 6.07) is 0. The van der Waals surface area contributed by atoms with Crippen molar-refractivity contribution in [3.63, 3.8) is 0 Å². The van der Waals surface area contributed by atoms with E-state index < -0.39 is 9.84 Å². The van der Waals surface area contributed by atoms with Crippen molar-refractivity contribution in [2.75, 3.05) is 12.0 Å². The lowest BCUT2D eigenvalue weighted by Gasteiger charge is -2.19.